The van der Waals surface area contributed by atoms with E-state index in [0.29, 0.717) is 12.5 Å². The molecule has 0 radical (unpaired) electrons. The number of hydrogen-bond acceptors (Lipinski definition) is 2. The van der Waals surface area contributed by atoms with Gasteiger partial charge in [-0.3, -0.25) is 0 Å². The van der Waals surface area contributed by atoms with Crippen LogP contribution < -0.4 is 10.5 Å². The van der Waals surface area contributed by atoms with Crippen molar-refractivity contribution < 1.29 is 4.74 Å². The Morgan fingerprint density at radius 2 is 1.85 bits per heavy atom. The third-order valence-electron chi connectivity index (χ3n) is 3.76. The fourth-order valence-electron chi connectivity index (χ4n) is 2.58. The summed E-state index contributed by atoms with van der Waals surface area (Å²) in [6, 6.07) is 16.9. The minimum atomic E-state index is 0.370. The zero-order valence-corrected chi connectivity index (χ0v) is 12.3. The van der Waals surface area contributed by atoms with Crippen LogP contribution in [-0.2, 0) is 12.8 Å². The van der Waals surface area contributed by atoms with Gasteiger partial charge >= 0.3 is 0 Å². The van der Waals surface area contributed by atoms with Gasteiger partial charge in [-0.25, -0.2) is 0 Å². The Balaban J connectivity index is 2.20. The average molecular weight is 269 g/mol. The van der Waals surface area contributed by atoms with Crippen molar-refractivity contribution in [3.05, 3.63) is 65.2 Å². The van der Waals surface area contributed by atoms with Crippen molar-refractivity contribution >= 4 is 0 Å². The van der Waals surface area contributed by atoms with Crippen LogP contribution in [0.15, 0.2) is 48.5 Å². The number of aryl methyl sites for hydroxylation is 1. The summed E-state index contributed by atoms with van der Waals surface area (Å²) >= 11 is 0. The topological polar surface area (TPSA) is 35.2 Å². The SMILES string of the molecule is CCc1cc(CC(CN)c2ccccc2)ccc1OC. The smallest absolute Gasteiger partial charge is 0.122 e. The van der Waals surface area contributed by atoms with Crippen LogP contribution in [0, 0.1) is 0 Å². The van der Waals surface area contributed by atoms with Crippen LogP contribution in [0.2, 0.25) is 0 Å². The van der Waals surface area contributed by atoms with Crippen LogP contribution in [0.3, 0.4) is 0 Å². The van der Waals surface area contributed by atoms with Crippen LogP contribution in [0.25, 0.3) is 0 Å². The third-order valence-corrected chi connectivity index (χ3v) is 3.76. The zero-order valence-electron chi connectivity index (χ0n) is 12.3. The summed E-state index contributed by atoms with van der Waals surface area (Å²) in [6.07, 6.45) is 1.95. The summed E-state index contributed by atoms with van der Waals surface area (Å²) in [5, 5.41) is 0. The van der Waals surface area contributed by atoms with Gasteiger partial charge < -0.3 is 10.5 Å². The summed E-state index contributed by atoms with van der Waals surface area (Å²) < 4.78 is 5.38. The summed E-state index contributed by atoms with van der Waals surface area (Å²) in [5.74, 6) is 1.34. The van der Waals surface area contributed by atoms with E-state index in [2.05, 4.69) is 49.4 Å². The highest BCUT2D eigenvalue weighted by Crippen LogP contribution is 2.25. The molecule has 0 heterocycles. The Bertz CT molecular complexity index is 536. The Kier molecular flexibility index (Phi) is 5.19. The molecule has 0 aliphatic heterocycles. The largest absolute Gasteiger partial charge is 0.496 e. The van der Waals surface area contributed by atoms with Crippen molar-refractivity contribution in [3.63, 3.8) is 0 Å². The zero-order chi connectivity index (χ0) is 14.4. The lowest BCUT2D eigenvalue weighted by Crippen LogP contribution is -2.15. The van der Waals surface area contributed by atoms with Gasteiger partial charge in [-0.05, 0) is 42.1 Å². The van der Waals surface area contributed by atoms with Crippen molar-refractivity contribution in [3.8, 4) is 5.75 Å². The minimum absolute atomic E-state index is 0.370. The first-order chi connectivity index (χ1) is 9.78. The molecule has 0 saturated carbocycles. The first-order valence-electron chi connectivity index (χ1n) is 7.19. The van der Waals surface area contributed by atoms with Crippen molar-refractivity contribution in [2.24, 2.45) is 5.73 Å². The van der Waals surface area contributed by atoms with Crippen molar-refractivity contribution in [1.82, 2.24) is 0 Å². The van der Waals surface area contributed by atoms with E-state index in [0.717, 1.165) is 18.6 Å². The van der Waals surface area contributed by atoms with Crippen molar-refractivity contribution in [2.75, 3.05) is 13.7 Å². The van der Waals surface area contributed by atoms with Gasteiger partial charge in [0.05, 0.1) is 7.11 Å². The maximum Gasteiger partial charge on any atom is 0.122 e. The van der Waals surface area contributed by atoms with E-state index >= 15 is 0 Å². The molecular formula is C18H23NO. The highest BCUT2D eigenvalue weighted by Gasteiger charge is 2.11. The molecule has 0 bridgehead atoms. The molecule has 1 atom stereocenters. The molecule has 2 N–H and O–H groups in total. The molecule has 0 aromatic heterocycles. The first-order valence-corrected chi connectivity index (χ1v) is 7.19. The number of methoxy groups -OCH3 is 1. The number of benzene rings is 2. The quantitative estimate of drug-likeness (QED) is 0.870. The lowest BCUT2D eigenvalue weighted by atomic mass is 9.91. The van der Waals surface area contributed by atoms with E-state index in [4.69, 9.17) is 10.5 Å². The molecule has 0 aliphatic carbocycles. The standard InChI is InChI=1S/C18H23NO/c1-3-15-11-14(9-10-18(15)20-2)12-17(13-19)16-7-5-4-6-8-16/h4-11,17H,3,12-13,19H2,1-2H3. The van der Waals surface area contributed by atoms with Crippen LogP contribution in [0.4, 0.5) is 0 Å². The summed E-state index contributed by atoms with van der Waals surface area (Å²) in [4.78, 5) is 0. The predicted molar refractivity (Wildman–Crippen MR) is 84.3 cm³/mol. The van der Waals surface area contributed by atoms with Gasteiger partial charge in [0.1, 0.15) is 5.75 Å². The van der Waals surface area contributed by atoms with Crippen LogP contribution in [0.1, 0.15) is 29.5 Å². The molecule has 2 aromatic carbocycles. The molecule has 106 valence electrons. The van der Waals surface area contributed by atoms with Gasteiger partial charge in [0, 0.05) is 5.92 Å². The van der Waals surface area contributed by atoms with Crippen LogP contribution in [0.5, 0.6) is 5.75 Å². The Labute approximate surface area is 121 Å². The molecule has 2 nitrogen and oxygen atoms in total. The molecule has 0 amide bonds. The highest BCUT2D eigenvalue weighted by molar-refractivity contribution is 5.38. The number of ether oxygens (including phenoxy) is 1. The van der Waals surface area contributed by atoms with Crippen LogP contribution in [-0.4, -0.2) is 13.7 Å². The van der Waals surface area contributed by atoms with Crippen molar-refractivity contribution in [1.29, 1.82) is 0 Å². The van der Waals surface area contributed by atoms with Crippen LogP contribution >= 0.6 is 0 Å². The molecule has 2 aromatic rings. The summed E-state index contributed by atoms with van der Waals surface area (Å²) in [6.45, 7) is 2.82. The maximum atomic E-state index is 5.95. The second-order valence-corrected chi connectivity index (χ2v) is 5.05. The Morgan fingerprint density at radius 3 is 2.45 bits per heavy atom. The average Bonchev–Trinajstić information content (AvgIpc) is 2.53. The maximum absolute atomic E-state index is 5.95. The molecule has 1 unspecified atom stereocenters. The lowest BCUT2D eigenvalue weighted by Gasteiger charge is -2.16. The number of nitrogens with two attached hydrogens (primary N) is 1. The normalized spacial score (nSPS) is 12.2. The summed E-state index contributed by atoms with van der Waals surface area (Å²) in [5.41, 5.74) is 9.84. The second kappa shape index (κ2) is 7.11. The van der Waals surface area contributed by atoms with Gasteiger partial charge in [-0.1, -0.05) is 49.4 Å². The molecule has 2 rings (SSSR count). The molecule has 0 fully saturated rings. The van der Waals surface area contributed by atoms with E-state index in [1.165, 1.54) is 16.7 Å². The van der Waals surface area contributed by atoms with E-state index in [1.807, 2.05) is 6.07 Å². The van der Waals surface area contributed by atoms with Gasteiger partial charge in [0.25, 0.3) is 0 Å². The molecule has 2 heteroatoms. The van der Waals surface area contributed by atoms with Gasteiger partial charge in [-0.15, -0.1) is 0 Å². The monoisotopic (exact) mass is 269 g/mol. The molecular weight excluding hydrogens is 246 g/mol. The van der Waals surface area contributed by atoms with Gasteiger partial charge in [0.2, 0.25) is 0 Å². The lowest BCUT2D eigenvalue weighted by molar-refractivity contribution is 0.410. The predicted octanol–water partition coefficient (Wildman–Crippen LogP) is 3.54. The molecule has 0 spiro atoms. The molecule has 20 heavy (non-hydrogen) atoms. The second-order valence-electron chi connectivity index (χ2n) is 5.05. The molecule has 0 aliphatic rings. The van der Waals surface area contributed by atoms with E-state index < -0.39 is 0 Å². The highest BCUT2D eigenvalue weighted by atomic mass is 16.5. The fourth-order valence-corrected chi connectivity index (χ4v) is 2.58. The van der Waals surface area contributed by atoms with Crippen molar-refractivity contribution in [2.45, 2.75) is 25.7 Å². The Morgan fingerprint density at radius 1 is 1.10 bits per heavy atom. The summed E-state index contributed by atoms with van der Waals surface area (Å²) in [7, 11) is 1.72. The molecule has 0 saturated heterocycles. The number of hydrogen-bond donors (Lipinski definition) is 1. The minimum Gasteiger partial charge on any atom is -0.496 e. The fraction of sp³-hybridized carbons (Fsp3) is 0.333. The number of rotatable bonds is 6. The van der Waals surface area contributed by atoms with Gasteiger partial charge in [-0.2, -0.15) is 0 Å². The van der Waals surface area contributed by atoms with Gasteiger partial charge in [0.15, 0.2) is 0 Å². The Hall–Kier alpha value is -1.80. The van der Waals surface area contributed by atoms with E-state index in [-0.39, 0.29) is 0 Å². The third kappa shape index (κ3) is 3.40. The van der Waals surface area contributed by atoms with E-state index in [1.54, 1.807) is 7.11 Å². The first kappa shape index (κ1) is 14.6. The van der Waals surface area contributed by atoms with E-state index in [9.17, 15) is 0 Å².